The minimum absolute atomic E-state index is 0.487. The Hall–Kier alpha value is -0.490. The van der Waals surface area contributed by atoms with Crippen LogP contribution in [0.2, 0.25) is 0 Å². The molecule has 1 atom stereocenters. The number of rotatable bonds is 5. The first kappa shape index (κ1) is 14.1. The molecule has 1 aliphatic heterocycles. The maximum Gasteiger partial charge on any atom is 0.112 e. The van der Waals surface area contributed by atoms with Crippen molar-refractivity contribution in [2.45, 2.75) is 50.2 Å². The average molecular weight is 306 g/mol. The van der Waals surface area contributed by atoms with Crippen LogP contribution >= 0.6 is 11.3 Å². The summed E-state index contributed by atoms with van der Waals surface area (Å²) >= 11 is 1.97. The molecule has 1 aromatic heterocycles. The maximum absolute atomic E-state index is 5.09. The van der Waals surface area contributed by atoms with Gasteiger partial charge in [0.25, 0.3) is 0 Å². The zero-order valence-electron chi connectivity index (χ0n) is 13.1. The normalized spacial score (nSPS) is 28.2. The third-order valence-corrected chi connectivity index (χ3v) is 6.15. The Labute approximate surface area is 131 Å². The van der Waals surface area contributed by atoms with Crippen LogP contribution in [0.15, 0.2) is 0 Å². The lowest BCUT2D eigenvalue weighted by Gasteiger charge is -2.36. The number of aromatic nitrogens is 1. The van der Waals surface area contributed by atoms with Gasteiger partial charge in [-0.3, -0.25) is 4.90 Å². The molecule has 1 N–H and O–H groups in total. The number of likely N-dealkylation sites (N-methyl/N-ethyl adjacent to an activating group) is 2. The molecule has 2 saturated carbocycles. The summed E-state index contributed by atoms with van der Waals surface area (Å²) in [6.45, 7) is 4.48. The van der Waals surface area contributed by atoms with Crippen LogP contribution in [0.25, 0.3) is 0 Å². The van der Waals surface area contributed by atoms with E-state index in [-0.39, 0.29) is 0 Å². The van der Waals surface area contributed by atoms with Crippen molar-refractivity contribution < 1.29 is 0 Å². The Morgan fingerprint density at radius 2 is 2.00 bits per heavy atom. The summed E-state index contributed by atoms with van der Waals surface area (Å²) in [5, 5.41) is 5.02. The van der Waals surface area contributed by atoms with Crippen molar-refractivity contribution in [3.05, 3.63) is 15.6 Å². The number of hydrogen-bond donors (Lipinski definition) is 1. The summed E-state index contributed by atoms with van der Waals surface area (Å²) in [5.74, 6) is 0.762. The van der Waals surface area contributed by atoms with Gasteiger partial charge >= 0.3 is 0 Å². The Morgan fingerprint density at radius 1 is 1.19 bits per heavy atom. The van der Waals surface area contributed by atoms with Crippen LogP contribution in [-0.4, -0.2) is 54.6 Å². The quantitative estimate of drug-likeness (QED) is 0.903. The molecule has 1 saturated heterocycles. The zero-order valence-corrected chi connectivity index (χ0v) is 14.0. The van der Waals surface area contributed by atoms with Gasteiger partial charge in [-0.1, -0.05) is 0 Å². The molecule has 0 aromatic carbocycles. The molecule has 0 bridgehead atoms. The van der Waals surface area contributed by atoms with E-state index < -0.39 is 0 Å². The van der Waals surface area contributed by atoms with Crippen molar-refractivity contribution in [3.63, 3.8) is 0 Å². The molecular formula is C16H26N4S. The van der Waals surface area contributed by atoms with Crippen molar-refractivity contribution in [1.82, 2.24) is 20.1 Å². The van der Waals surface area contributed by atoms with Crippen LogP contribution in [0.3, 0.4) is 0 Å². The number of thiazole rings is 1. The molecule has 2 aliphatic carbocycles. The Morgan fingerprint density at radius 3 is 2.71 bits per heavy atom. The van der Waals surface area contributed by atoms with Crippen molar-refractivity contribution in [1.29, 1.82) is 0 Å². The Kier molecular flexibility index (Phi) is 3.78. The van der Waals surface area contributed by atoms with E-state index >= 15 is 0 Å². The van der Waals surface area contributed by atoms with Crippen LogP contribution in [-0.2, 0) is 6.54 Å². The van der Waals surface area contributed by atoms with E-state index in [1.807, 2.05) is 11.3 Å². The molecule has 2 heterocycles. The van der Waals surface area contributed by atoms with Gasteiger partial charge in [0.2, 0.25) is 0 Å². The Bertz CT molecular complexity index is 506. The molecule has 3 fully saturated rings. The van der Waals surface area contributed by atoms with Gasteiger partial charge in [0.1, 0.15) is 5.01 Å². The standard InChI is InChI=1S/C16H26N4S/c1-19-7-8-20(2)13(10-19)16-18-15(11-3-4-11)14(21-16)9-17-12-5-6-12/h11-13,17H,3-10H2,1-2H3. The SMILES string of the molecule is CN1CCN(C)C(c2nc(C3CC3)c(CNC3CC3)s2)C1. The monoisotopic (exact) mass is 306 g/mol. The first-order valence-corrected chi connectivity index (χ1v) is 9.14. The van der Waals surface area contributed by atoms with Gasteiger partial charge in [0.15, 0.2) is 0 Å². The summed E-state index contributed by atoms with van der Waals surface area (Å²) in [6.07, 6.45) is 5.42. The van der Waals surface area contributed by atoms with Gasteiger partial charge in [0, 0.05) is 43.0 Å². The highest BCUT2D eigenvalue weighted by Gasteiger charge is 2.33. The lowest BCUT2D eigenvalue weighted by Crippen LogP contribution is -2.44. The van der Waals surface area contributed by atoms with Gasteiger partial charge in [-0.25, -0.2) is 4.98 Å². The van der Waals surface area contributed by atoms with E-state index in [2.05, 4.69) is 29.2 Å². The highest BCUT2D eigenvalue weighted by molar-refractivity contribution is 7.11. The first-order valence-electron chi connectivity index (χ1n) is 8.32. The van der Waals surface area contributed by atoms with Crippen molar-refractivity contribution in [2.75, 3.05) is 33.7 Å². The third kappa shape index (κ3) is 3.16. The molecule has 0 spiro atoms. The minimum atomic E-state index is 0.487. The van der Waals surface area contributed by atoms with Crippen LogP contribution < -0.4 is 5.32 Å². The van der Waals surface area contributed by atoms with E-state index in [1.54, 1.807) is 0 Å². The molecule has 116 valence electrons. The number of nitrogens with zero attached hydrogens (tertiary/aromatic N) is 3. The van der Waals surface area contributed by atoms with E-state index in [9.17, 15) is 0 Å². The molecule has 0 amide bonds. The summed E-state index contributed by atoms with van der Waals surface area (Å²) in [7, 11) is 4.48. The molecule has 1 aromatic rings. The highest BCUT2D eigenvalue weighted by atomic mass is 32.1. The molecule has 0 radical (unpaired) electrons. The van der Waals surface area contributed by atoms with Crippen molar-refractivity contribution in [3.8, 4) is 0 Å². The van der Waals surface area contributed by atoms with Crippen molar-refractivity contribution >= 4 is 11.3 Å². The number of hydrogen-bond acceptors (Lipinski definition) is 5. The van der Waals surface area contributed by atoms with Gasteiger partial charge in [-0.2, -0.15) is 0 Å². The van der Waals surface area contributed by atoms with Gasteiger partial charge in [0.05, 0.1) is 11.7 Å². The van der Waals surface area contributed by atoms with Gasteiger partial charge < -0.3 is 10.2 Å². The second-order valence-corrected chi connectivity index (χ2v) is 8.16. The van der Waals surface area contributed by atoms with Crippen LogP contribution in [0.1, 0.15) is 53.2 Å². The van der Waals surface area contributed by atoms with Gasteiger partial charge in [-0.05, 0) is 39.8 Å². The van der Waals surface area contributed by atoms with Crippen LogP contribution in [0.5, 0.6) is 0 Å². The largest absolute Gasteiger partial charge is 0.309 e. The first-order chi connectivity index (χ1) is 10.2. The molecule has 21 heavy (non-hydrogen) atoms. The summed E-state index contributed by atoms with van der Waals surface area (Å²) in [4.78, 5) is 11.5. The number of nitrogens with one attached hydrogen (secondary N) is 1. The topological polar surface area (TPSA) is 31.4 Å². The number of piperazine rings is 1. The summed E-state index contributed by atoms with van der Waals surface area (Å²) in [5.41, 5.74) is 1.42. The zero-order chi connectivity index (χ0) is 14.4. The Balaban J connectivity index is 1.54. The van der Waals surface area contributed by atoms with Crippen LogP contribution in [0, 0.1) is 0 Å². The van der Waals surface area contributed by atoms with Crippen molar-refractivity contribution in [2.24, 2.45) is 0 Å². The smallest absolute Gasteiger partial charge is 0.112 e. The molecule has 5 heteroatoms. The predicted octanol–water partition coefficient (Wildman–Crippen LogP) is 2.19. The predicted molar refractivity (Wildman–Crippen MR) is 86.8 cm³/mol. The molecule has 4 rings (SSSR count). The van der Waals surface area contributed by atoms with E-state index in [4.69, 9.17) is 4.98 Å². The molecular weight excluding hydrogens is 280 g/mol. The fourth-order valence-electron chi connectivity index (χ4n) is 3.13. The van der Waals surface area contributed by atoms with Gasteiger partial charge in [-0.15, -0.1) is 11.3 Å². The second-order valence-electron chi connectivity index (χ2n) is 7.05. The molecule has 4 nitrogen and oxygen atoms in total. The molecule has 3 aliphatic rings. The second kappa shape index (κ2) is 5.61. The lowest BCUT2D eigenvalue weighted by molar-refractivity contribution is 0.115. The van der Waals surface area contributed by atoms with E-state index in [0.717, 1.165) is 31.6 Å². The fourth-order valence-corrected chi connectivity index (χ4v) is 4.39. The summed E-state index contributed by atoms with van der Waals surface area (Å²) < 4.78 is 0. The average Bonchev–Trinajstić information content (AvgIpc) is 3.38. The fraction of sp³-hybridized carbons (Fsp3) is 0.812. The third-order valence-electron chi connectivity index (χ3n) is 4.97. The summed E-state index contributed by atoms with van der Waals surface area (Å²) in [6, 6.07) is 1.27. The van der Waals surface area contributed by atoms with E-state index in [1.165, 1.54) is 47.8 Å². The highest BCUT2D eigenvalue weighted by Crippen LogP contribution is 2.44. The lowest BCUT2D eigenvalue weighted by atomic mass is 10.2. The maximum atomic E-state index is 5.09. The minimum Gasteiger partial charge on any atom is -0.309 e. The van der Waals surface area contributed by atoms with Crippen LogP contribution in [0.4, 0.5) is 0 Å². The van der Waals surface area contributed by atoms with E-state index in [0.29, 0.717) is 6.04 Å². The molecule has 1 unspecified atom stereocenters.